The second kappa shape index (κ2) is 9.97. The highest BCUT2D eigenvalue weighted by Gasteiger charge is 2.21. The van der Waals surface area contributed by atoms with Crippen molar-refractivity contribution < 1.29 is 14.2 Å². The van der Waals surface area contributed by atoms with E-state index in [9.17, 15) is 10.1 Å². The summed E-state index contributed by atoms with van der Waals surface area (Å²) < 4.78 is 13.4. The molecule has 0 fully saturated rings. The van der Waals surface area contributed by atoms with Crippen LogP contribution < -0.4 is 0 Å². The van der Waals surface area contributed by atoms with Crippen molar-refractivity contribution in [2.75, 3.05) is 0 Å². The first-order chi connectivity index (χ1) is 17.5. The third-order valence-electron chi connectivity index (χ3n) is 5.90. The van der Waals surface area contributed by atoms with E-state index in [0.29, 0.717) is 29.6 Å². The Kier molecular flexibility index (Phi) is 6.42. The number of hydrogen-bond donors (Lipinski definition) is 0. The van der Waals surface area contributed by atoms with Gasteiger partial charge in [0.05, 0.1) is 22.8 Å². The summed E-state index contributed by atoms with van der Waals surface area (Å²) in [6, 6.07) is 24.3. The molecule has 0 radical (unpaired) electrons. The Bertz CT molecular complexity index is 1490. The van der Waals surface area contributed by atoms with E-state index in [-0.39, 0.29) is 12.3 Å². The Morgan fingerprint density at radius 1 is 0.944 bits per heavy atom. The van der Waals surface area contributed by atoms with Crippen molar-refractivity contribution in [2.24, 2.45) is 0 Å². The number of hydrogen-bond acceptors (Lipinski definition) is 6. The van der Waals surface area contributed by atoms with Crippen LogP contribution >= 0.6 is 0 Å². The van der Waals surface area contributed by atoms with Crippen LogP contribution in [0, 0.1) is 24.0 Å². The average molecular weight is 481 g/mol. The molecule has 0 amide bonds. The van der Waals surface area contributed by atoms with Gasteiger partial charge in [0.2, 0.25) is 0 Å². The van der Waals surface area contributed by atoms with Crippen LogP contribution in [0.15, 0.2) is 89.6 Å². The molecule has 180 valence electrons. The van der Waals surface area contributed by atoms with Gasteiger partial charge in [-0.1, -0.05) is 65.3 Å². The van der Waals surface area contributed by atoms with Gasteiger partial charge in [0.1, 0.15) is 23.9 Å². The SMILES string of the molecule is Cc1ccc(COCc2nc(-c3c(-c4ccccc4)noc3C)cn2-c2ccc([N+](=O)[O-])cc2)cc1. The third kappa shape index (κ3) is 4.80. The standard InChI is InChI=1S/C28H24N4O4/c1-19-8-10-21(11-9-19)17-35-18-26-29-25(16-31(26)23-12-14-24(15-13-23)32(33)34)27-20(2)36-30-28(27)22-6-4-3-5-7-22/h3-16H,17-18H2,1-2H3. The van der Waals surface area contributed by atoms with Gasteiger partial charge >= 0.3 is 0 Å². The normalized spacial score (nSPS) is 11.1. The number of aryl methyl sites for hydroxylation is 2. The fraction of sp³-hybridized carbons (Fsp3) is 0.143. The fourth-order valence-electron chi connectivity index (χ4n) is 4.01. The Morgan fingerprint density at radius 3 is 2.36 bits per heavy atom. The first-order valence-corrected chi connectivity index (χ1v) is 11.5. The number of non-ortho nitro benzene ring substituents is 1. The second-order valence-corrected chi connectivity index (χ2v) is 8.49. The highest BCUT2D eigenvalue weighted by Crippen LogP contribution is 2.34. The molecule has 0 aliphatic rings. The van der Waals surface area contributed by atoms with Crippen LogP contribution in [-0.2, 0) is 18.0 Å². The van der Waals surface area contributed by atoms with Crippen molar-refractivity contribution in [3.8, 4) is 28.2 Å². The first kappa shape index (κ1) is 23.2. The minimum atomic E-state index is -0.415. The summed E-state index contributed by atoms with van der Waals surface area (Å²) in [5.74, 6) is 1.31. The van der Waals surface area contributed by atoms with E-state index in [0.717, 1.165) is 22.4 Å². The molecule has 8 heteroatoms. The number of benzene rings is 3. The van der Waals surface area contributed by atoms with Gasteiger partial charge in [0, 0.05) is 29.6 Å². The van der Waals surface area contributed by atoms with Crippen molar-refractivity contribution >= 4 is 5.69 Å². The molecule has 0 aliphatic heterocycles. The molecule has 0 saturated heterocycles. The summed E-state index contributed by atoms with van der Waals surface area (Å²) in [5, 5.41) is 15.4. The van der Waals surface area contributed by atoms with E-state index < -0.39 is 4.92 Å². The van der Waals surface area contributed by atoms with Crippen molar-refractivity contribution in [1.82, 2.24) is 14.7 Å². The molecule has 0 spiro atoms. The van der Waals surface area contributed by atoms with Gasteiger partial charge in [-0.15, -0.1) is 0 Å². The number of rotatable bonds is 8. The average Bonchev–Trinajstić information content (AvgIpc) is 3.49. The van der Waals surface area contributed by atoms with Crippen LogP contribution in [0.25, 0.3) is 28.2 Å². The largest absolute Gasteiger partial charge is 0.369 e. The fourth-order valence-corrected chi connectivity index (χ4v) is 4.01. The molecule has 0 aliphatic carbocycles. The molecular weight excluding hydrogens is 456 g/mol. The third-order valence-corrected chi connectivity index (χ3v) is 5.90. The molecule has 2 heterocycles. The Hall–Kier alpha value is -4.56. The van der Waals surface area contributed by atoms with E-state index in [4.69, 9.17) is 14.2 Å². The molecule has 0 saturated carbocycles. The van der Waals surface area contributed by atoms with E-state index in [1.54, 1.807) is 12.1 Å². The minimum Gasteiger partial charge on any atom is -0.369 e. The van der Waals surface area contributed by atoms with E-state index in [2.05, 4.69) is 17.3 Å². The van der Waals surface area contributed by atoms with Gasteiger partial charge < -0.3 is 13.8 Å². The van der Waals surface area contributed by atoms with Crippen LogP contribution in [0.3, 0.4) is 0 Å². The molecular formula is C28H24N4O4. The lowest BCUT2D eigenvalue weighted by Crippen LogP contribution is -2.03. The molecule has 0 bridgehead atoms. The van der Waals surface area contributed by atoms with Crippen LogP contribution in [0.5, 0.6) is 0 Å². The van der Waals surface area contributed by atoms with Crippen LogP contribution in [-0.4, -0.2) is 19.6 Å². The highest BCUT2D eigenvalue weighted by atomic mass is 16.6. The maximum Gasteiger partial charge on any atom is 0.269 e. The molecule has 5 aromatic rings. The van der Waals surface area contributed by atoms with Crippen molar-refractivity contribution in [1.29, 1.82) is 0 Å². The summed E-state index contributed by atoms with van der Waals surface area (Å²) in [5.41, 5.74) is 6.12. The Balaban J connectivity index is 1.51. The number of ether oxygens (including phenoxy) is 1. The van der Waals surface area contributed by atoms with Crippen molar-refractivity contribution in [2.45, 2.75) is 27.1 Å². The van der Waals surface area contributed by atoms with E-state index >= 15 is 0 Å². The highest BCUT2D eigenvalue weighted by molar-refractivity contribution is 5.80. The molecule has 5 rings (SSSR count). The molecule has 8 nitrogen and oxygen atoms in total. The van der Waals surface area contributed by atoms with Gasteiger partial charge in [-0.2, -0.15) is 0 Å². The second-order valence-electron chi connectivity index (χ2n) is 8.49. The first-order valence-electron chi connectivity index (χ1n) is 11.5. The van der Waals surface area contributed by atoms with Crippen molar-refractivity contribution in [3.05, 3.63) is 118 Å². The lowest BCUT2D eigenvalue weighted by atomic mass is 10.0. The van der Waals surface area contributed by atoms with Gasteiger partial charge in [-0.05, 0) is 31.5 Å². The summed E-state index contributed by atoms with van der Waals surface area (Å²) in [6.45, 7) is 4.58. The number of nitro groups is 1. The molecule has 36 heavy (non-hydrogen) atoms. The maximum atomic E-state index is 11.1. The van der Waals surface area contributed by atoms with Gasteiger partial charge in [-0.3, -0.25) is 10.1 Å². The van der Waals surface area contributed by atoms with Crippen LogP contribution in [0.2, 0.25) is 0 Å². The van der Waals surface area contributed by atoms with Gasteiger partial charge in [0.25, 0.3) is 5.69 Å². The monoisotopic (exact) mass is 480 g/mol. The number of aromatic nitrogens is 3. The van der Waals surface area contributed by atoms with E-state index in [1.807, 2.05) is 67.1 Å². The maximum absolute atomic E-state index is 11.1. The number of imidazole rings is 1. The molecule has 0 atom stereocenters. The Morgan fingerprint density at radius 2 is 1.67 bits per heavy atom. The van der Waals surface area contributed by atoms with Gasteiger partial charge in [0.15, 0.2) is 0 Å². The summed E-state index contributed by atoms with van der Waals surface area (Å²) in [6.07, 6.45) is 1.89. The zero-order valence-corrected chi connectivity index (χ0v) is 19.9. The van der Waals surface area contributed by atoms with Crippen LogP contribution in [0.4, 0.5) is 5.69 Å². The quantitative estimate of drug-likeness (QED) is 0.187. The smallest absolute Gasteiger partial charge is 0.269 e. The summed E-state index contributed by atoms with van der Waals surface area (Å²) >= 11 is 0. The van der Waals surface area contributed by atoms with Gasteiger partial charge in [-0.25, -0.2) is 4.98 Å². The van der Waals surface area contributed by atoms with E-state index in [1.165, 1.54) is 17.7 Å². The van der Waals surface area contributed by atoms with Crippen LogP contribution in [0.1, 0.15) is 22.7 Å². The lowest BCUT2D eigenvalue weighted by Gasteiger charge is -2.09. The molecule has 0 N–H and O–H groups in total. The number of nitro benzene ring substituents is 1. The summed E-state index contributed by atoms with van der Waals surface area (Å²) in [7, 11) is 0. The predicted octanol–water partition coefficient (Wildman–Crippen LogP) is 6.44. The summed E-state index contributed by atoms with van der Waals surface area (Å²) in [4.78, 5) is 15.6. The Labute approximate surface area is 207 Å². The zero-order chi connectivity index (χ0) is 25.1. The topological polar surface area (TPSA) is 96.2 Å². The lowest BCUT2D eigenvalue weighted by molar-refractivity contribution is -0.384. The predicted molar refractivity (Wildman–Crippen MR) is 136 cm³/mol. The molecule has 2 aromatic heterocycles. The van der Waals surface area contributed by atoms with Crippen molar-refractivity contribution in [3.63, 3.8) is 0 Å². The zero-order valence-electron chi connectivity index (χ0n) is 19.9. The molecule has 0 unspecified atom stereocenters. The number of nitrogens with zero attached hydrogens (tertiary/aromatic N) is 4. The minimum absolute atomic E-state index is 0.0255. The molecule has 3 aromatic carbocycles.